The van der Waals surface area contributed by atoms with Gasteiger partial charge in [0.15, 0.2) is 0 Å². The molecule has 1 heterocycles. The highest BCUT2D eigenvalue weighted by atomic mass is 32.2. The molecule has 106 valence electrons. The average Bonchev–Trinajstić information content (AvgIpc) is 2.56. The Kier molecular flexibility index (Phi) is 3.58. The molecule has 5 heteroatoms. The number of methoxy groups -OCH3 is 1. The van der Waals surface area contributed by atoms with Crippen LogP contribution >= 0.6 is 0 Å². The van der Waals surface area contributed by atoms with Gasteiger partial charge in [0.1, 0.15) is 9.73 Å². The van der Waals surface area contributed by atoms with Crippen LogP contribution in [0.2, 0.25) is 0 Å². The van der Waals surface area contributed by atoms with Crippen molar-refractivity contribution in [2.75, 3.05) is 7.11 Å². The summed E-state index contributed by atoms with van der Waals surface area (Å²) in [6.07, 6.45) is 0. The zero-order chi connectivity index (χ0) is 14.7. The maximum absolute atomic E-state index is 13.2. The standard InChI is InChI=1S/C16H14N2O2S/c1-20-16-17-15(13-8-4-2-5-9-13)12-21(19,18-16)14-10-6-3-7-11-14/h2-12H,1H3. The minimum absolute atomic E-state index is 0.130. The molecule has 0 radical (unpaired) electrons. The van der Waals surface area contributed by atoms with E-state index in [1.165, 1.54) is 7.11 Å². The minimum Gasteiger partial charge on any atom is -0.466 e. The summed E-state index contributed by atoms with van der Waals surface area (Å²) in [6, 6.07) is 18.9. The Morgan fingerprint density at radius 2 is 1.57 bits per heavy atom. The van der Waals surface area contributed by atoms with Crippen molar-refractivity contribution in [1.82, 2.24) is 0 Å². The molecule has 1 atom stereocenters. The van der Waals surface area contributed by atoms with Crippen molar-refractivity contribution in [3.63, 3.8) is 0 Å². The van der Waals surface area contributed by atoms with E-state index < -0.39 is 9.73 Å². The van der Waals surface area contributed by atoms with E-state index >= 15 is 0 Å². The molecule has 0 aromatic heterocycles. The molecule has 2 aromatic carbocycles. The van der Waals surface area contributed by atoms with E-state index in [1.54, 1.807) is 17.5 Å². The fourth-order valence-corrected chi connectivity index (χ4v) is 3.68. The van der Waals surface area contributed by atoms with Gasteiger partial charge in [-0.3, -0.25) is 0 Å². The smallest absolute Gasteiger partial charge is 0.325 e. The van der Waals surface area contributed by atoms with Gasteiger partial charge in [0.2, 0.25) is 0 Å². The quantitative estimate of drug-likeness (QED) is 0.851. The van der Waals surface area contributed by atoms with Crippen molar-refractivity contribution in [3.05, 3.63) is 71.6 Å². The summed E-state index contributed by atoms with van der Waals surface area (Å²) in [5.41, 5.74) is 1.49. The van der Waals surface area contributed by atoms with E-state index in [9.17, 15) is 4.21 Å². The molecule has 21 heavy (non-hydrogen) atoms. The lowest BCUT2D eigenvalue weighted by atomic mass is 10.2. The number of hydrogen-bond donors (Lipinski definition) is 0. The lowest BCUT2D eigenvalue weighted by Crippen LogP contribution is -2.09. The van der Waals surface area contributed by atoms with Gasteiger partial charge in [-0.05, 0) is 12.1 Å². The van der Waals surface area contributed by atoms with Crippen LogP contribution in [0.3, 0.4) is 0 Å². The molecular weight excluding hydrogens is 284 g/mol. The lowest BCUT2D eigenvalue weighted by molar-refractivity contribution is 0.398. The van der Waals surface area contributed by atoms with Crippen molar-refractivity contribution < 1.29 is 8.95 Å². The fraction of sp³-hybridized carbons (Fsp3) is 0.0625. The second-order valence-electron chi connectivity index (χ2n) is 4.44. The summed E-state index contributed by atoms with van der Waals surface area (Å²) in [7, 11) is -1.25. The molecule has 0 N–H and O–H groups in total. The fourth-order valence-electron chi connectivity index (χ4n) is 2.00. The third kappa shape index (κ3) is 2.73. The highest BCUT2D eigenvalue weighted by Crippen LogP contribution is 2.26. The first-order valence-corrected chi connectivity index (χ1v) is 8.01. The molecular formula is C16H14N2O2S. The second-order valence-corrected chi connectivity index (χ2v) is 6.47. The Labute approximate surface area is 124 Å². The van der Waals surface area contributed by atoms with E-state index in [0.717, 1.165) is 5.56 Å². The highest BCUT2D eigenvalue weighted by molar-refractivity contribution is 7.97. The van der Waals surface area contributed by atoms with E-state index in [-0.39, 0.29) is 6.02 Å². The molecule has 0 spiro atoms. The SMILES string of the molecule is COC1=NC(c2ccccc2)=CS(=O)(c2ccccc2)=N1. The number of hydrogen-bond acceptors (Lipinski definition) is 4. The van der Waals surface area contributed by atoms with Crippen LogP contribution in [-0.2, 0) is 14.5 Å². The molecule has 0 amide bonds. The molecule has 0 aliphatic carbocycles. The van der Waals surface area contributed by atoms with E-state index in [1.807, 2.05) is 48.5 Å². The Bertz CT molecular complexity index is 818. The zero-order valence-electron chi connectivity index (χ0n) is 11.5. The summed E-state index contributed by atoms with van der Waals surface area (Å²) >= 11 is 0. The van der Waals surface area contributed by atoms with Gasteiger partial charge in [-0.1, -0.05) is 48.5 Å². The lowest BCUT2D eigenvalue weighted by Gasteiger charge is -2.13. The largest absolute Gasteiger partial charge is 0.466 e. The normalized spacial score (nSPS) is 21.0. The predicted molar refractivity (Wildman–Crippen MR) is 84.1 cm³/mol. The van der Waals surface area contributed by atoms with Gasteiger partial charge in [0.25, 0.3) is 0 Å². The topological polar surface area (TPSA) is 51.0 Å². The number of benzene rings is 2. The first-order valence-electron chi connectivity index (χ1n) is 6.43. The average molecular weight is 298 g/mol. The molecule has 1 aliphatic rings. The minimum atomic E-state index is -2.72. The second kappa shape index (κ2) is 5.54. The maximum atomic E-state index is 13.2. The van der Waals surface area contributed by atoms with Crippen LogP contribution in [0.1, 0.15) is 5.56 Å². The summed E-state index contributed by atoms with van der Waals surface area (Å²) in [5, 5.41) is 1.61. The third-order valence-electron chi connectivity index (χ3n) is 3.03. The van der Waals surface area contributed by atoms with Crippen LogP contribution in [-0.4, -0.2) is 17.3 Å². The first kappa shape index (κ1) is 13.6. The zero-order valence-corrected chi connectivity index (χ0v) is 12.3. The van der Waals surface area contributed by atoms with E-state index in [2.05, 4.69) is 9.36 Å². The summed E-state index contributed by atoms with van der Waals surface area (Å²) in [6.45, 7) is 0. The number of rotatable bonds is 2. The molecule has 0 bridgehead atoms. The molecule has 1 unspecified atom stereocenters. The Hall–Kier alpha value is -2.40. The number of aliphatic imine (C=N–C) groups is 1. The predicted octanol–water partition coefficient (Wildman–Crippen LogP) is 3.53. The Morgan fingerprint density at radius 3 is 2.19 bits per heavy atom. The van der Waals surface area contributed by atoms with Crippen molar-refractivity contribution in [2.24, 2.45) is 9.36 Å². The van der Waals surface area contributed by atoms with Crippen LogP contribution in [0.5, 0.6) is 0 Å². The van der Waals surface area contributed by atoms with Crippen LogP contribution < -0.4 is 0 Å². The van der Waals surface area contributed by atoms with Crippen LogP contribution in [0, 0.1) is 0 Å². The van der Waals surface area contributed by atoms with Gasteiger partial charge in [0, 0.05) is 11.0 Å². The molecule has 0 saturated carbocycles. The highest BCUT2D eigenvalue weighted by Gasteiger charge is 2.19. The maximum Gasteiger partial charge on any atom is 0.325 e. The van der Waals surface area contributed by atoms with Crippen molar-refractivity contribution in [3.8, 4) is 0 Å². The van der Waals surface area contributed by atoms with Gasteiger partial charge < -0.3 is 4.74 Å². The first-order chi connectivity index (χ1) is 10.2. The van der Waals surface area contributed by atoms with E-state index in [4.69, 9.17) is 4.74 Å². The Morgan fingerprint density at radius 1 is 0.952 bits per heavy atom. The molecule has 3 rings (SSSR count). The molecule has 1 aliphatic heterocycles. The molecule has 2 aromatic rings. The summed E-state index contributed by atoms with van der Waals surface area (Å²) in [4.78, 5) is 4.94. The van der Waals surface area contributed by atoms with Gasteiger partial charge in [-0.2, -0.15) is 4.99 Å². The van der Waals surface area contributed by atoms with E-state index in [0.29, 0.717) is 10.6 Å². The van der Waals surface area contributed by atoms with Crippen molar-refractivity contribution in [1.29, 1.82) is 0 Å². The van der Waals surface area contributed by atoms with Crippen molar-refractivity contribution >= 4 is 21.4 Å². The number of ether oxygens (including phenoxy) is 1. The number of amidine groups is 1. The number of nitrogens with zero attached hydrogens (tertiary/aromatic N) is 2. The van der Waals surface area contributed by atoms with Gasteiger partial charge >= 0.3 is 6.02 Å². The van der Waals surface area contributed by atoms with Crippen LogP contribution in [0.4, 0.5) is 0 Å². The van der Waals surface area contributed by atoms with Crippen molar-refractivity contribution in [2.45, 2.75) is 4.90 Å². The van der Waals surface area contributed by atoms with Gasteiger partial charge in [-0.15, -0.1) is 4.36 Å². The Balaban J connectivity index is 2.19. The monoisotopic (exact) mass is 298 g/mol. The van der Waals surface area contributed by atoms with Crippen LogP contribution in [0.15, 0.2) is 80.3 Å². The van der Waals surface area contributed by atoms with Gasteiger partial charge in [0.05, 0.1) is 17.7 Å². The molecule has 0 fully saturated rings. The molecule has 4 nitrogen and oxygen atoms in total. The van der Waals surface area contributed by atoms with Crippen LogP contribution in [0.25, 0.3) is 5.70 Å². The summed E-state index contributed by atoms with van der Waals surface area (Å²) < 4.78 is 22.4. The van der Waals surface area contributed by atoms with Gasteiger partial charge in [-0.25, -0.2) is 4.21 Å². The molecule has 0 saturated heterocycles. The third-order valence-corrected chi connectivity index (χ3v) is 4.95. The summed E-state index contributed by atoms with van der Waals surface area (Å²) in [5.74, 6) is 0.